The number of nitrogens with zero attached hydrogens (tertiary/aromatic N) is 4. The van der Waals surface area contributed by atoms with E-state index in [9.17, 15) is 9.59 Å². The predicted molar refractivity (Wildman–Crippen MR) is 102 cm³/mol. The van der Waals surface area contributed by atoms with Gasteiger partial charge in [-0.2, -0.15) is 0 Å². The first-order valence-electron chi connectivity index (χ1n) is 9.62. The molecule has 2 atom stereocenters. The molecule has 4 rings (SSSR count). The molecule has 0 saturated heterocycles. The van der Waals surface area contributed by atoms with E-state index < -0.39 is 0 Å². The minimum Gasteiger partial charge on any atom is -0.345 e. The molecule has 8 nitrogen and oxygen atoms in total. The van der Waals surface area contributed by atoms with E-state index in [0.717, 1.165) is 37.8 Å². The standard InChI is InChI=1S/C20H24N6O2/c1-13-4-9-22-16(24-13)18(28)26-20-6-3-5-19(12-20,7-8-20)25-17(27)15-11-21-10-14(2)23-15/h4,9-11H,3,5-8,12H2,1-2H3,(H,25,27)(H,26,28). The summed E-state index contributed by atoms with van der Waals surface area (Å²) >= 11 is 0. The minimum atomic E-state index is -0.325. The molecule has 146 valence electrons. The molecule has 2 heterocycles. The van der Waals surface area contributed by atoms with Crippen molar-refractivity contribution in [1.82, 2.24) is 30.6 Å². The molecule has 0 spiro atoms. The maximum absolute atomic E-state index is 12.7. The number of carbonyl (C=O) groups is 2. The molecule has 0 aliphatic heterocycles. The Labute approximate surface area is 163 Å². The number of rotatable bonds is 4. The van der Waals surface area contributed by atoms with Crippen molar-refractivity contribution in [3.05, 3.63) is 47.6 Å². The molecule has 2 fully saturated rings. The number of aryl methyl sites for hydroxylation is 2. The van der Waals surface area contributed by atoms with Gasteiger partial charge >= 0.3 is 0 Å². The highest BCUT2D eigenvalue weighted by Crippen LogP contribution is 2.48. The average Bonchev–Trinajstić information content (AvgIpc) is 2.91. The van der Waals surface area contributed by atoms with Crippen LogP contribution in [0.4, 0.5) is 0 Å². The zero-order valence-electron chi connectivity index (χ0n) is 16.2. The van der Waals surface area contributed by atoms with Crippen LogP contribution in [0.3, 0.4) is 0 Å². The molecule has 2 amide bonds. The summed E-state index contributed by atoms with van der Waals surface area (Å²) < 4.78 is 0. The van der Waals surface area contributed by atoms with Gasteiger partial charge in [-0.05, 0) is 58.4 Å². The van der Waals surface area contributed by atoms with Crippen molar-refractivity contribution in [2.45, 2.75) is 63.5 Å². The summed E-state index contributed by atoms with van der Waals surface area (Å²) in [5.74, 6) is -0.268. The SMILES string of the molecule is Cc1cncc(C(=O)NC23CCCC(NC(=O)c4nccc(C)n4)(CC2)C3)n1. The summed E-state index contributed by atoms with van der Waals surface area (Å²) in [5.41, 5.74) is 1.15. The van der Waals surface area contributed by atoms with Gasteiger partial charge in [0.2, 0.25) is 5.82 Å². The summed E-state index contributed by atoms with van der Waals surface area (Å²) in [7, 11) is 0. The van der Waals surface area contributed by atoms with Crippen molar-refractivity contribution in [3.8, 4) is 0 Å². The van der Waals surface area contributed by atoms with E-state index in [1.165, 1.54) is 6.20 Å². The highest BCUT2D eigenvalue weighted by molar-refractivity contribution is 5.93. The third kappa shape index (κ3) is 3.58. The van der Waals surface area contributed by atoms with Crippen molar-refractivity contribution in [2.24, 2.45) is 0 Å². The molecule has 2 saturated carbocycles. The number of fused-ring (bicyclic) bond motifs is 2. The van der Waals surface area contributed by atoms with Gasteiger partial charge in [-0.25, -0.2) is 15.0 Å². The first-order valence-corrected chi connectivity index (χ1v) is 9.62. The van der Waals surface area contributed by atoms with E-state index in [-0.39, 0.29) is 28.7 Å². The van der Waals surface area contributed by atoms with E-state index >= 15 is 0 Å². The zero-order chi connectivity index (χ0) is 19.8. The van der Waals surface area contributed by atoms with Gasteiger partial charge in [0.15, 0.2) is 0 Å². The van der Waals surface area contributed by atoms with E-state index in [1.807, 2.05) is 13.8 Å². The van der Waals surface area contributed by atoms with Gasteiger partial charge in [0.1, 0.15) is 5.69 Å². The molecule has 2 aliphatic carbocycles. The summed E-state index contributed by atoms with van der Waals surface area (Å²) in [6, 6.07) is 1.76. The Hall–Kier alpha value is -2.90. The van der Waals surface area contributed by atoms with Crippen molar-refractivity contribution in [2.75, 3.05) is 0 Å². The van der Waals surface area contributed by atoms with Crippen molar-refractivity contribution < 1.29 is 9.59 Å². The molecule has 2 aromatic rings. The van der Waals surface area contributed by atoms with Crippen LogP contribution in [0.5, 0.6) is 0 Å². The van der Waals surface area contributed by atoms with Crippen LogP contribution in [-0.4, -0.2) is 42.8 Å². The Morgan fingerprint density at radius 3 is 2.32 bits per heavy atom. The van der Waals surface area contributed by atoms with Gasteiger partial charge in [-0.3, -0.25) is 14.6 Å². The number of nitrogens with one attached hydrogen (secondary N) is 2. The first-order chi connectivity index (χ1) is 13.4. The largest absolute Gasteiger partial charge is 0.345 e. The normalized spacial score (nSPS) is 25.9. The molecule has 2 aliphatic rings. The van der Waals surface area contributed by atoms with Crippen molar-refractivity contribution in [3.63, 3.8) is 0 Å². The highest BCUT2D eigenvalue weighted by Gasteiger charge is 2.52. The van der Waals surface area contributed by atoms with Crippen LogP contribution >= 0.6 is 0 Å². The summed E-state index contributed by atoms with van der Waals surface area (Å²) in [5, 5.41) is 6.36. The van der Waals surface area contributed by atoms with Gasteiger partial charge in [0, 0.05) is 29.2 Å². The van der Waals surface area contributed by atoms with Crippen molar-refractivity contribution >= 4 is 11.8 Å². The predicted octanol–water partition coefficient (Wildman–Crippen LogP) is 1.89. The molecule has 2 unspecified atom stereocenters. The lowest BCUT2D eigenvalue weighted by atomic mass is 9.78. The first kappa shape index (κ1) is 18.5. The second-order valence-corrected chi connectivity index (χ2v) is 8.07. The fourth-order valence-electron chi connectivity index (χ4n) is 4.57. The van der Waals surface area contributed by atoms with Crippen molar-refractivity contribution in [1.29, 1.82) is 0 Å². The van der Waals surface area contributed by atoms with E-state index in [2.05, 4.69) is 30.6 Å². The second-order valence-electron chi connectivity index (χ2n) is 8.07. The van der Waals surface area contributed by atoms with Gasteiger partial charge in [0.05, 0.1) is 11.9 Å². The van der Waals surface area contributed by atoms with Crippen LogP contribution in [0.2, 0.25) is 0 Å². The van der Waals surface area contributed by atoms with Crippen LogP contribution in [0.25, 0.3) is 0 Å². The second kappa shape index (κ2) is 6.92. The minimum absolute atomic E-state index is 0.191. The van der Waals surface area contributed by atoms with Gasteiger partial charge in [-0.15, -0.1) is 0 Å². The van der Waals surface area contributed by atoms with Crippen LogP contribution in [0.15, 0.2) is 24.7 Å². The molecule has 2 bridgehead atoms. The topological polar surface area (TPSA) is 110 Å². The maximum atomic E-state index is 12.7. The Morgan fingerprint density at radius 1 is 0.929 bits per heavy atom. The molecular formula is C20H24N6O2. The van der Waals surface area contributed by atoms with Crippen LogP contribution < -0.4 is 10.6 Å². The van der Waals surface area contributed by atoms with E-state index in [4.69, 9.17) is 0 Å². The smallest absolute Gasteiger partial charge is 0.289 e. The fraction of sp³-hybridized carbons (Fsp3) is 0.500. The van der Waals surface area contributed by atoms with Gasteiger partial charge < -0.3 is 10.6 Å². The number of hydrogen-bond acceptors (Lipinski definition) is 6. The summed E-state index contributed by atoms with van der Waals surface area (Å²) in [4.78, 5) is 42.0. The summed E-state index contributed by atoms with van der Waals surface area (Å²) in [6.45, 7) is 3.65. The lowest BCUT2D eigenvalue weighted by Gasteiger charge is -2.40. The number of carbonyl (C=O) groups excluding carboxylic acids is 2. The summed E-state index contributed by atoms with van der Waals surface area (Å²) in [6.07, 6.45) is 9.80. The highest BCUT2D eigenvalue weighted by atomic mass is 16.2. The molecule has 28 heavy (non-hydrogen) atoms. The van der Waals surface area contributed by atoms with Crippen LogP contribution in [0, 0.1) is 13.8 Å². The fourth-order valence-corrected chi connectivity index (χ4v) is 4.57. The molecule has 0 aromatic carbocycles. The molecule has 8 heteroatoms. The lowest BCUT2D eigenvalue weighted by molar-refractivity contribution is 0.0823. The van der Waals surface area contributed by atoms with Crippen LogP contribution in [-0.2, 0) is 0 Å². The average molecular weight is 380 g/mol. The third-order valence-electron chi connectivity index (χ3n) is 5.81. The number of amides is 2. The third-order valence-corrected chi connectivity index (χ3v) is 5.81. The molecular weight excluding hydrogens is 356 g/mol. The Morgan fingerprint density at radius 2 is 1.64 bits per heavy atom. The quantitative estimate of drug-likeness (QED) is 0.838. The Bertz CT molecular complexity index is 859. The van der Waals surface area contributed by atoms with Crippen LogP contribution in [0.1, 0.15) is 71.0 Å². The van der Waals surface area contributed by atoms with E-state index in [1.54, 1.807) is 18.5 Å². The number of aromatic nitrogens is 4. The molecule has 0 radical (unpaired) electrons. The molecule has 2 aromatic heterocycles. The Balaban J connectivity index is 1.48. The molecule has 2 N–H and O–H groups in total. The Kier molecular flexibility index (Phi) is 4.56. The maximum Gasteiger partial charge on any atom is 0.289 e. The number of hydrogen-bond donors (Lipinski definition) is 2. The van der Waals surface area contributed by atoms with Gasteiger partial charge in [-0.1, -0.05) is 0 Å². The lowest BCUT2D eigenvalue weighted by Crippen LogP contribution is -2.55. The van der Waals surface area contributed by atoms with E-state index in [0.29, 0.717) is 17.8 Å². The zero-order valence-corrected chi connectivity index (χ0v) is 16.2. The monoisotopic (exact) mass is 380 g/mol. The van der Waals surface area contributed by atoms with Gasteiger partial charge in [0.25, 0.3) is 11.8 Å².